The van der Waals surface area contributed by atoms with Crippen LogP contribution in [0.25, 0.3) is 0 Å². The number of hydrogen-bond donors (Lipinski definition) is 1. The summed E-state index contributed by atoms with van der Waals surface area (Å²) in [4.78, 5) is 15.0. The average Bonchev–Trinajstić information content (AvgIpc) is 2.91. The Bertz CT molecular complexity index is 296. The van der Waals surface area contributed by atoms with E-state index in [1.54, 1.807) is 0 Å². The van der Waals surface area contributed by atoms with E-state index in [1.165, 1.54) is 25.7 Å². The Kier molecular flexibility index (Phi) is 8.31. The van der Waals surface area contributed by atoms with Gasteiger partial charge in [-0.3, -0.25) is 4.79 Å². The Morgan fingerprint density at radius 3 is 2.24 bits per heavy atom. The summed E-state index contributed by atoms with van der Waals surface area (Å²) in [6.07, 6.45) is 7.77. The number of hydrogen-bond acceptors (Lipinski definition) is 2. The molecule has 1 rings (SSSR count). The van der Waals surface area contributed by atoms with Gasteiger partial charge in [0, 0.05) is 19.0 Å². The van der Waals surface area contributed by atoms with Gasteiger partial charge in [-0.15, -0.1) is 0 Å². The lowest BCUT2D eigenvalue weighted by Crippen LogP contribution is -2.41. The first-order valence-corrected chi connectivity index (χ1v) is 8.93. The van der Waals surface area contributed by atoms with E-state index in [2.05, 4.69) is 32.6 Å². The summed E-state index contributed by atoms with van der Waals surface area (Å²) >= 11 is 0. The van der Waals surface area contributed by atoms with Gasteiger partial charge in [0.25, 0.3) is 0 Å². The molecule has 1 atom stereocenters. The molecule has 2 N–H and O–H groups in total. The van der Waals surface area contributed by atoms with Crippen molar-refractivity contribution in [1.82, 2.24) is 4.90 Å². The second-order valence-electron chi connectivity index (χ2n) is 7.64. The number of carbonyl (C=O) groups excluding carboxylic acids is 1. The quantitative estimate of drug-likeness (QED) is 0.703. The first kappa shape index (κ1) is 18.5. The van der Waals surface area contributed by atoms with Gasteiger partial charge in [-0.05, 0) is 50.0 Å². The van der Waals surface area contributed by atoms with E-state index < -0.39 is 0 Å². The summed E-state index contributed by atoms with van der Waals surface area (Å²) in [7, 11) is 0. The van der Waals surface area contributed by atoms with Crippen molar-refractivity contribution < 1.29 is 4.79 Å². The zero-order valence-electron chi connectivity index (χ0n) is 14.6. The van der Waals surface area contributed by atoms with Crippen molar-refractivity contribution in [3.05, 3.63) is 0 Å². The molecule has 21 heavy (non-hydrogen) atoms. The highest BCUT2D eigenvalue weighted by Crippen LogP contribution is 2.26. The largest absolute Gasteiger partial charge is 0.340 e. The lowest BCUT2D eigenvalue weighted by molar-refractivity contribution is -0.134. The molecule has 0 unspecified atom stereocenters. The Morgan fingerprint density at radius 2 is 1.76 bits per heavy atom. The Hall–Kier alpha value is -0.570. The predicted octanol–water partition coefficient (Wildman–Crippen LogP) is 3.81. The third kappa shape index (κ3) is 6.82. The average molecular weight is 296 g/mol. The van der Waals surface area contributed by atoms with Gasteiger partial charge in [0.2, 0.25) is 5.91 Å². The summed E-state index contributed by atoms with van der Waals surface area (Å²) < 4.78 is 0. The SMILES string of the molecule is CC(C)CCN(C(=O)C[C@@H](CN)CC(C)C)C1CCCC1. The van der Waals surface area contributed by atoms with Gasteiger partial charge in [-0.2, -0.15) is 0 Å². The first-order valence-electron chi connectivity index (χ1n) is 8.93. The Balaban J connectivity index is 2.60. The maximum atomic E-state index is 12.8. The fourth-order valence-electron chi connectivity index (χ4n) is 3.42. The lowest BCUT2D eigenvalue weighted by atomic mass is 9.93. The van der Waals surface area contributed by atoms with Crippen LogP contribution in [0.2, 0.25) is 0 Å². The highest BCUT2D eigenvalue weighted by molar-refractivity contribution is 5.76. The van der Waals surface area contributed by atoms with Gasteiger partial charge >= 0.3 is 0 Å². The molecule has 1 aliphatic rings. The van der Waals surface area contributed by atoms with Crippen molar-refractivity contribution in [3.63, 3.8) is 0 Å². The van der Waals surface area contributed by atoms with Crippen LogP contribution in [-0.2, 0) is 4.79 Å². The van der Waals surface area contributed by atoms with Gasteiger partial charge in [-0.25, -0.2) is 0 Å². The minimum Gasteiger partial charge on any atom is -0.340 e. The van der Waals surface area contributed by atoms with Crippen LogP contribution >= 0.6 is 0 Å². The molecule has 0 spiro atoms. The smallest absolute Gasteiger partial charge is 0.223 e. The Labute approximate surface area is 131 Å². The second kappa shape index (κ2) is 9.45. The molecule has 0 aliphatic heterocycles. The van der Waals surface area contributed by atoms with Gasteiger partial charge < -0.3 is 10.6 Å². The van der Waals surface area contributed by atoms with Crippen LogP contribution in [0.5, 0.6) is 0 Å². The fraction of sp³-hybridized carbons (Fsp3) is 0.944. The minimum absolute atomic E-state index is 0.346. The number of nitrogens with zero attached hydrogens (tertiary/aromatic N) is 1. The molecule has 1 saturated carbocycles. The van der Waals surface area contributed by atoms with Crippen LogP contribution in [0.4, 0.5) is 0 Å². The van der Waals surface area contributed by atoms with Gasteiger partial charge in [-0.1, -0.05) is 40.5 Å². The molecule has 1 fully saturated rings. The number of nitrogens with two attached hydrogens (primary N) is 1. The van der Waals surface area contributed by atoms with Crippen molar-refractivity contribution in [2.24, 2.45) is 23.5 Å². The molecule has 0 aromatic rings. The third-order valence-corrected chi connectivity index (χ3v) is 4.63. The number of rotatable bonds is 9. The second-order valence-corrected chi connectivity index (χ2v) is 7.64. The summed E-state index contributed by atoms with van der Waals surface area (Å²) in [5.41, 5.74) is 5.87. The molecule has 3 nitrogen and oxygen atoms in total. The lowest BCUT2D eigenvalue weighted by Gasteiger charge is -2.31. The van der Waals surface area contributed by atoms with Crippen molar-refractivity contribution >= 4 is 5.91 Å². The summed E-state index contributed by atoms with van der Waals surface area (Å²) in [5.74, 6) is 1.96. The molecule has 1 amide bonds. The molecule has 124 valence electrons. The van der Waals surface area contributed by atoms with Crippen LogP contribution in [0.1, 0.15) is 72.6 Å². The van der Waals surface area contributed by atoms with Gasteiger partial charge in [0.15, 0.2) is 0 Å². The molecule has 0 heterocycles. The van der Waals surface area contributed by atoms with Crippen LogP contribution in [-0.4, -0.2) is 29.9 Å². The van der Waals surface area contributed by atoms with Crippen LogP contribution in [0.15, 0.2) is 0 Å². The van der Waals surface area contributed by atoms with Crippen LogP contribution in [0, 0.1) is 17.8 Å². The molecular weight excluding hydrogens is 260 g/mol. The number of amides is 1. The van der Waals surface area contributed by atoms with Crippen molar-refractivity contribution in [2.45, 2.75) is 78.7 Å². The molecule has 1 aliphatic carbocycles. The van der Waals surface area contributed by atoms with E-state index in [0.717, 1.165) is 19.4 Å². The van der Waals surface area contributed by atoms with E-state index in [1.807, 2.05) is 0 Å². The minimum atomic E-state index is 0.346. The topological polar surface area (TPSA) is 46.3 Å². The van der Waals surface area contributed by atoms with E-state index in [0.29, 0.717) is 42.7 Å². The molecule has 3 heteroatoms. The van der Waals surface area contributed by atoms with Gasteiger partial charge in [0.1, 0.15) is 0 Å². The zero-order chi connectivity index (χ0) is 15.8. The van der Waals surface area contributed by atoms with E-state index in [9.17, 15) is 4.79 Å². The standard InChI is InChI=1S/C18H36N2O/c1-14(2)9-10-20(17-7-5-6-8-17)18(21)12-16(13-19)11-15(3)4/h14-17H,5-13,19H2,1-4H3/t16-/m0/s1. The first-order chi connectivity index (χ1) is 9.93. The highest BCUT2D eigenvalue weighted by atomic mass is 16.2. The molecule has 0 saturated heterocycles. The van der Waals surface area contributed by atoms with Crippen molar-refractivity contribution in [3.8, 4) is 0 Å². The maximum absolute atomic E-state index is 12.8. The van der Waals surface area contributed by atoms with E-state index in [-0.39, 0.29) is 0 Å². The molecule has 0 radical (unpaired) electrons. The summed E-state index contributed by atoms with van der Waals surface area (Å²) in [5, 5.41) is 0. The third-order valence-electron chi connectivity index (χ3n) is 4.63. The molecular formula is C18H36N2O. The van der Waals surface area contributed by atoms with Crippen LogP contribution < -0.4 is 5.73 Å². The summed E-state index contributed by atoms with van der Waals surface area (Å²) in [6, 6.07) is 0.494. The highest BCUT2D eigenvalue weighted by Gasteiger charge is 2.27. The zero-order valence-corrected chi connectivity index (χ0v) is 14.6. The Morgan fingerprint density at radius 1 is 1.14 bits per heavy atom. The maximum Gasteiger partial charge on any atom is 0.223 e. The fourth-order valence-corrected chi connectivity index (χ4v) is 3.42. The van der Waals surface area contributed by atoms with Crippen molar-refractivity contribution in [2.75, 3.05) is 13.1 Å². The van der Waals surface area contributed by atoms with Crippen molar-refractivity contribution in [1.29, 1.82) is 0 Å². The molecule has 0 bridgehead atoms. The normalized spacial score (nSPS) is 17.7. The predicted molar refractivity (Wildman–Crippen MR) is 90.0 cm³/mol. The van der Waals surface area contributed by atoms with E-state index in [4.69, 9.17) is 5.73 Å². The van der Waals surface area contributed by atoms with E-state index >= 15 is 0 Å². The number of carbonyl (C=O) groups is 1. The molecule has 0 aromatic carbocycles. The van der Waals surface area contributed by atoms with Crippen LogP contribution in [0.3, 0.4) is 0 Å². The summed E-state index contributed by atoms with van der Waals surface area (Å²) in [6.45, 7) is 10.4. The molecule has 0 aromatic heterocycles. The monoisotopic (exact) mass is 296 g/mol. The van der Waals surface area contributed by atoms with Gasteiger partial charge in [0.05, 0.1) is 0 Å².